The number of ether oxygens (including phenoxy) is 2. The van der Waals surface area contributed by atoms with Crippen LogP contribution in [-0.2, 0) is 22.6 Å². The summed E-state index contributed by atoms with van der Waals surface area (Å²) in [5, 5.41) is 2.95. The molecule has 3 rings (SSSR count). The maximum Gasteiger partial charge on any atom is 0.258 e. The van der Waals surface area contributed by atoms with Gasteiger partial charge in [-0.3, -0.25) is 9.69 Å². The van der Waals surface area contributed by atoms with Crippen LogP contribution in [0.5, 0.6) is 5.75 Å². The van der Waals surface area contributed by atoms with Gasteiger partial charge in [-0.1, -0.05) is 36.4 Å². The van der Waals surface area contributed by atoms with Gasteiger partial charge in [-0.15, -0.1) is 0 Å². The number of aryl methyl sites for hydroxylation is 1. The minimum absolute atomic E-state index is 0.0229. The molecule has 138 valence electrons. The maximum atomic E-state index is 12.1. The second-order valence-corrected chi connectivity index (χ2v) is 6.54. The molecule has 0 aliphatic carbocycles. The van der Waals surface area contributed by atoms with E-state index in [1.165, 1.54) is 5.56 Å². The van der Waals surface area contributed by atoms with Crippen molar-refractivity contribution >= 4 is 5.91 Å². The van der Waals surface area contributed by atoms with Crippen molar-refractivity contribution in [2.24, 2.45) is 0 Å². The Morgan fingerprint density at radius 1 is 1.12 bits per heavy atom. The van der Waals surface area contributed by atoms with E-state index in [0.717, 1.165) is 44.0 Å². The third-order valence-corrected chi connectivity index (χ3v) is 4.45. The summed E-state index contributed by atoms with van der Waals surface area (Å²) in [7, 11) is 0. The predicted molar refractivity (Wildman–Crippen MR) is 101 cm³/mol. The van der Waals surface area contributed by atoms with Crippen molar-refractivity contribution in [2.75, 3.05) is 32.9 Å². The van der Waals surface area contributed by atoms with Gasteiger partial charge in [0.2, 0.25) is 0 Å². The van der Waals surface area contributed by atoms with Crippen LogP contribution in [0.15, 0.2) is 48.5 Å². The summed E-state index contributed by atoms with van der Waals surface area (Å²) in [6.45, 7) is 6.89. The number of carbonyl (C=O) groups is 1. The molecule has 5 nitrogen and oxygen atoms in total. The Hall–Kier alpha value is -2.37. The van der Waals surface area contributed by atoms with Crippen LogP contribution < -0.4 is 10.1 Å². The van der Waals surface area contributed by atoms with Crippen molar-refractivity contribution < 1.29 is 14.3 Å². The molecule has 1 fully saturated rings. The molecule has 0 spiro atoms. The summed E-state index contributed by atoms with van der Waals surface area (Å²) in [4.78, 5) is 14.5. The molecule has 0 saturated carbocycles. The largest absolute Gasteiger partial charge is 0.484 e. The van der Waals surface area contributed by atoms with Gasteiger partial charge < -0.3 is 14.8 Å². The quantitative estimate of drug-likeness (QED) is 0.830. The normalized spacial score (nSPS) is 14.8. The van der Waals surface area contributed by atoms with Gasteiger partial charge in [-0.2, -0.15) is 0 Å². The fourth-order valence-electron chi connectivity index (χ4n) is 2.98. The van der Waals surface area contributed by atoms with Crippen LogP contribution in [0.25, 0.3) is 0 Å². The van der Waals surface area contributed by atoms with E-state index in [1.54, 1.807) is 0 Å². The lowest BCUT2D eigenvalue weighted by atomic mass is 10.1. The van der Waals surface area contributed by atoms with E-state index in [1.807, 2.05) is 43.3 Å². The molecule has 1 aliphatic heterocycles. The van der Waals surface area contributed by atoms with Crippen molar-refractivity contribution in [2.45, 2.75) is 20.0 Å². The van der Waals surface area contributed by atoms with Crippen LogP contribution in [-0.4, -0.2) is 43.7 Å². The second-order valence-electron chi connectivity index (χ2n) is 6.54. The minimum Gasteiger partial charge on any atom is -0.484 e. The lowest BCUT2D eigenvalue weighted by Gasteiger charge is -2.27. The van der Waals surface area contributed by atoms with Gasteiger partial charge in [-0.05, 0) is 35.7 Å². The van der Waals surface area contributed by atoms with Gasteiger partial charge in [0.25, 0.3) is 5.91 Å². The molecule has 26 heavy (non-hydrogen) atoms. The standard InChI is InChI=1S/C21H26N2O3/c1-17-5-4-8-20(13-17)26-16-21(24)22-14-18-6-2-3-7-19(18)15-23-9-11-25-12-10-23/h2-8,13H,9-12,14-16H2,1H3,(H,22,24). The summed E-state index contributed by atoms with van der Waals surface area (Å²) in [6.07, 6.45) is 0. The molecule has 1 N–H and O–H groups in total. The van der Waals surface area contributed by atoms with Crippen molar-refractivity contribution in [1.82, 2.24) is 10.2 Å². The van der Waals surface area contributed by atoms with Gasteiger partial charge in [0.15, 0.2) is 6.61 Å². The van der Waals surface area contributed by atoms with Crippen LogP contribution in [0.1, 0.15) is 16.7 Å². The van der Waals surface area contributed by atoms with E-state index in [2.05, 4.69) is 22.3 Å². The molecule has 0 aromatic heterocycles. The first-order chi connectivity index (χ1) is 12.7. The summed E-state index contributed by atoms with van der Waals surface area (Å²) in [5.74, 6) is 0.598. The van der Waals surface area contributed by atoms with Gasteiger partial charge in [0.1, 0.15) is 5.75 Å². The first-order valence-corrected chi connectivity index (χ1v) is 9.04. The number of amides is 1. The zero-order valence-corrected chi connectivity index (χ0v) is 15.2. The van der Waals surface area contributed by atoms with Crippen LogP contribution in [0, 0.1) is 6.92 Å². The van der Waals surface area contributed by atoms with Gasteiger partial charge in [-0.25, -0.2) is 0 Å². The fourth-order valence-corrected chi connectivity index (χ4v) is 2.98. The zero-order valence-electron chi connectivity index (χ0n) is 15.2. The van der Waals surface area contributed by atoms with E-state index < -0.39 is 0 Å². The number of rotatable bonds is 7. The van der Waals surface area contributed by atoms with Crippen molar-refractivity contribution in [3.05, 3.63) is 65.2 Å². The first-order valence-electron chi connectivity index (χ1n) is 9.04. The molecule has 1 heterocycles. The van der Waals surface area contributed by atoms with E-state index >= 15 is 0 Å². The Labute approximate surface area is 154 Å². The number of nitrogens with zero attached hydrogens (tertiary/aromatic N) is 1. The molecule has 5 heteroatoms. The Bertz CT molecular complexity index is 727. The highest BCUT2D eigenvalue weighted by Crippen LogP contribution is 2.14. The van der Waals surface area contributed by atoms with E-state index in [9.17, 15) is 4.79 Å². The van der Waals surface area contributed by atoms with Crippen LogP contribution >= 0.6 is 0 Å². The Morgan fingerprint density at radius 3 is 2.65 bits per heavy atom. The van der Waals surface area contributed by atoms with Crippen molar-refractivity contribution in [1.29, 1.82) is 0 Å². The number of hydrogen-bond acceptors (Lipinski definition) is 4. The van der Waals surface area contributed by atoms with E-state index in [4.69, 9.17) is 9.47 Å². The lowest BCUT2D eigenvalue weighted by molar-refractivity contribution is -0.123. The zero-order chi connectivity index (χ0) is 18.2. The topological polar surface area (TPSA) is 50.8 Å². The monoisotopic (exact) mass is 354 g/mol. The second kappa shape index (κ2) is 9.36. The molecular formula is C21H26N2O3. The molecule has 0 bridgehead atoms. The smallest absolute Gasteiger partial charge is 0.258 e. The number of benzene rings is 2. The van der Waals surface area contributed by atoms with Gasteiger partial charge in [0, 0.05) is 26.2 Å². The number of hydrogen-bond donors (Lipinski definition) is 1. The van der Waals surface area contributed by atoms with Crippen LogP contribution in [0.4, 0.5) is 0 Å². The summed E-state index contributed by atoms with van der Waals surface area (Å²) in [6, 6.07) is 15.9. The maximum absolute atomic E-state index is 12.1. The average molecular weight is 354 g/mol. The molecular weight excluding hydrogens is 328 g/mol. The van der Waals surface area contributed by atoms with Crippen LogP contribution in [0.2, 0.25) is 0 Å². The van der Waals surface area contributed by atoms with Crippen molar-refractivity contribution in [3.63, 3.8) is 0 Å². The third kappa shape index (κ3) is 5.58. The molecule has 1 saturated heterocycles. The summed E-state index contributed by atoms with van der Waals surface area (Å²) in [5.41, 5.74) is 3.50. The highest BCUT2D eigenvalue weighted by atomic mass is 16.5. The van der Waals surface area contributed by atoms with Crippen molar-refractivity contribution in [3.8, 4) is 5.75 Å². The fraction of sp³-hybridized carbons (Fsp3) is 0.381. The van der Waals surface area contributed by atoms with E-state index in [0.29, 0.717) is 12.3 Å². The molecule has 2 aromatic carbocycles. The molecule has 0 atom stereocenters. The third-order valence-electron chi connectivity index (χ3n) is 4.45. The number of carbonyl (C=O) groups excluding carboxylic acids is 1. The minimum atomic E-state index is -0.118. The van der Waals surface area contributed by atoms with Crippen LogP contribution in [0.3, 0.4) is 0 Å². The average Bonchev–Trinajstić information content (AvgIpc) is 2.66. The highest BCUT2D eigenvalue weighted by Gasteiger charge is 2.13. The molecule has 0 unspecified atom stereocenters. The molecule has 2 aromatic rings. The summed E-state index contributed by atoms with van der Waals surface area (Å²) < 4.78 is 11.0. The number of nitrogens with one attached hydrogen (secondary N) is 1. The number of morpholine rings is 1. The first kappa shape index (κ1) is 18.4. The predicted octanol–water partition coefficient (Wildman–Crippen LogP) is 2.52. The SMILES string of the molecule is Cc1cccc(OCC(=O)NCc2ccccc2CN2CCOCC2)c1. The molecule has 0 radical (unpaired) electrons. The Kier molecular flexibility index (Phi) is 6.63. The molecule has 1 aliphatic rings. The molecule has 1 amide bonds. The van der Waals surface area contributed by atoms with Gasteiger partial charge in [0.05, 0.1) is 13.2 Å². The van der Waals surface area contributed by atoms with E-state index in [-0.39, 0.29) is 12.5 Å². The summed E-state index contributed by atoms with van der Waals surface area (Å²) >= 11 is 0. The Balaban J connectivity index is 1.50. The Morgan fingerprint density at radius 2 is 1.88 bits per heavy atom. The lowest BCUT2D eigenvalue weighted by Crippen LogP contribution is -2.36. The van der Waals surface area contributed by atoms with Gasteiger partial charge >= 0.3 is 0 Å². The highest BCUT2D eigenvalue weighted by molar-refractivity contribution is 5.77.